The summed E-state index contributed by atoms with van der Waals surface area (Å²) < 4.78 is 5.55. The lowest BCUT2D eigenvalue weighted by Gasteiger charge is -2.29. The molecular weight excluding hydrogens is 328 g/mol. The summed E-state index contributed by atoms with van der Waals surface area (Å²) in [6, 6.07) is 14.9. The molecule has 1 heterocycles. The van der Waals surface area contributed by atoms with Gasteiger partial charge in [-0.1, -0.05) is 62.4 Å². The molecule has 1 saturated carbocycles. The summed E-state index contributed by atoms with van der Waals surface area (Å²) in [5.41, 5.74) is 1.26. The Labute approximate surface area is 156 Å². The highest BCUT2D eigenvalue weighted by Crippen LogP contribution is 2.18. The van der Waals surface area contributed by atoms with Gasteiger partial charge in [0.2, 0.25) is 0 Å². The van der Waals surface area contributed by atoms with Crippen LogP contribution in [0.1, 0.15) is 56.3 Å². The lowest BCUT2D eigenvalue weighted by Crippen LogP contribution is -2.44. The molecule has 0 saturated heterocycles. The average molecular weight is 357 g/mol. The van der Waals surface area contributed by atoms with Crippen molar-refractivity contribution >= 4 is 17.3 Å². The first kappa shape index (κ1) is 18.0. The van der Waals surface area contributed by atoms with Crippen molar-refractivity contribution in [3.63, 3.8) is 0 Å². The molecule has 3 rings (SSSR count). The van der Waals surface area contributed by atoms with Gasteiger partial charge < -0.3 is 14.6 Å². The second kappa shape index (κ2) is 9.62. The van der Waals surface area contributed by atoms with E-state index in [4.69, 9.17) is 16.6 Å². The molecule has 0 aliphatic heterocycles. The third kappa shape index (κ3) is 5.89. The Morgan fingerprint density at radius 1 is 0.960 bits per heavy atom. The largest absolute Gasteiger partial charge is 0.467 e. The Hall–Kier alpha value is -1.81. The van der Waals surface area contributed by atoms with Crippen molar-refractivity contribution in [3.8, 4) is 0 Å². The van der Waals surface area contributed by atoms with E-state index in [0.717, 1.165) is 17.4 Å². The highest BCUT2D eigenvalue weighted by atomic mass is 32.1. The summed E-state index contributed by atoms with van der Waals surface area (Å²) in [6.07, 6.45) is 10.9. The van der Waals surface area contributed by atoms with E-state index in [1.807, 2.05) is 18.2 Å². The van der Waals surface area contributed by atoms with Crippen LogP contribution in [-0.4, -0.2) is 16.1 Å². The molecule has 134 valence electrons. The number of hydrogen-bond acceptors (Lipinski definition) is 2. The van der Waals surface area contributed by atoms with Crippen LogP contribution in [0.2, 0.25) is 0 Å². The summed E-state index contributed by atoms with van der Waals surface area (Å²) in [6.45, 7) is 1.49. The molecule has 25 heavy (non-hydrogen) atoms. The van der Waals surface area contributed by atoms with E-state index < -0.39 is 0 Å². The zero-order valence-corrected chi connectivity index (χ0v) is 15.6. The summed E-state index contributed by atoms with van der Waals surface area (Å²) in [7, 11) is 0. The smallest absolute Gasteiger partial charge is 0.169 e. The minimum atomic E-state index is 0.502. The Balaban J connectivity index is 1.65. The molecular formula is C21H28N2OS. The molecule has 0 spiro atoms. The van der Waals surface area contributed by atoms with E-state index in [0.29, 0.717) is 12.6 Å². The molecule has 0 bridgehead atoms. The number of furan rings is 1. The predicted octanol–water partition coefficient (Wildman–Crippen LogP) is 5.27. The van der Waals surface area contributed by atoms with Crippen LogP contribution in [0.15, 0.2) is 53.1 Å². The number of rotatable bonds is 5. The molecule has 2 aromatic rings. The van der Waals surface area contributed by atoms with Gasteiger partial charge in [-0.25, -0.2) is 0 Å². The quantitative estimate of drug-likeness (QED) is 0.739. The van der Waals surface area contributed by atoms with Gasteiger partial charge in [0.05, 0.1) is 12.8 Å². The summed E-state index contributed by atoms with van der Waals surface area (Å²) >= 11 is 5.78. The molecule has 4 heteroatoms. The first-order chi connectivity index (χ1) is 12.3. The standard InChI is InChI=1S/C21H28N2OS/c25-21(22-19-12-7-2-1-3-8-13-19)23(17-20-14-9-15-24-20)16-18-10-5-4-6-11-18/h4-6,9-11,14-15,19H,1-3,7-8,12-13,16-17H2,(H,22,25). The van der Waals surface area contributed by atoms with Crippen molar-refractivity contribution in [2.45, 2.75) is 64.1 Å². The summed E-state index contributed by atoms with van der Waals surface area (Å²) in [5.74, 6) is 0.942. The predicted molar refractivity (Wildman–Crippen MR) is 106 cm³/mol. The molecule has 1 aliphatic carbocycles. The van der Waals surface area contributed by atoms with Crippen molar-refractivity contribution < 1.29 is 4.42 Å². The third-order valence-electron chi connectivity index (χ3n) is 4.86. The van der Waals surface area contributed by atoms with Crippen LogP contribution in [0.5, 0.6) is 0 Å². The van der Waals surface area contributed by atoms with E-state index in [1.54, 1.807) is 6.26 Å². The number of nitrogens with one attached hydrogen (secondary N) is 1. The van der Waals surface area contributed by atoms with Crippen molar-refractivity contribution in [3.05, 3.63) is 60.1 Å². The van der Waals surface area contributed by atoms with Crippen LogP contribution < -0.4 is 5.32 Å². The molecule has 1 aliphatic rings. The normalized spacial score (nSPS) is 16.0. The second-order valence-corrected chi connectivity index (χ2v) is 7.30. The van der Waals surface area contributed by atoms with E-state index in [-0.39, 0.29) is 0 Å². The molecule has 1 N–H and O–H groups in total. The number of thiocarbonyl (C=S) groups is 1. The zero-order chi connectivity index (χ0) is 17.3. The molecule has 0 unspecified atom stereocenters. The maximum Gasteiger partial charge on any atom is 0.169 e. The molecule has 0 radical (unpaired) electrons. The molecule has 0 amide bonds. The van der Waals surface area contributed by atoms with E-state index in [1.165, 1.54) is 50.5 Å². The molecule has 1 aromatic heterocycles. The minimum Gasteiger partial charge on any atom is -0.467 e. The van der Waals surface area contributed by atoms with Gasteiger partial charge in [-0.15, -0.1) is 0 Å². The van der Waals surface area contributed by atoms with Crippen molar-refractivity contribution in [1.29, 1.82) is 0 Å². The molecule has 1 fully saturated rings. The highest BCUT2D eigenvalue weighted by molar-refractivity contribution is 7.80. The van der Waals surface area contributed by atoms with Crippen LogP contribution in [-0.2, 0) is 13.1 Å². The molecule has 0 atom stereocenters. The fourth-order valence-corrected chi connectivity index (χ4v) is 3.76. The monoisotopic (exact) mass is 356 g/mol. The highest BCUT2D eigenvalue weighted by Gasteiger charge is 2.17. The van der Waals surface area contributed by atoms with Gasteiger partial charge in [-0.3, -0.25) is 0 Å². The number of hydrogen-bond donors (Lipinski definition) is 1. The van der Waals surface area contributed by atoms with Gasteiger partial charge in [-0.05, 0) is 42.8 Å². The fourth-order valence-electron chi connectivity index (χ4n) is 3.46. The van der Waals surface area contributed by atoms with Crippen LogP contribution >= 0.6 is 12.2 Å². The van der Waals surface area contributed by atoms with Gasteiger partial charge >= 0.3 is 0 Å². The molecule has 3 nitrogen and oxygen atoms in total. The number of benzene rings is 1. The first-order valence-corrected chi connectivity index (χ1v) is 9.84. The van der Waals surface area contributed by atoms with E-state index in [2.05, 4.69) is 34.5 Å². The summed E-state index contributed by atoms with van der Waals surface area (Å²) in [4.78, 5) is 2.21. The lowest BCUT2D eigenvalue weighted by atomic mass is 9.97. The topological polar surface area (TPSA) is 28.4 Å². The third-order valence-corrected chi connectivity index (χ3v) is 5.24. The molecule has 1 aromatic carbocycles. The van der Waals surface area contributed by atoms with E-state index in [9.17, 15) is 0 Å². The fraction of sp³-hybridized carbons (Fsp3) is 0.476. The van der Waals surface area contributed by atoms with Crippen LogP contribution in [0.3, 0.4) is 0 Å². The van der Waals surface area contributed by atoms with E-state index >= 15 is 0 Å². The van der Waals surface area contributed by atoms with Crippen molar-refractivity contribution in [2.75, 3.05) is 0 Å². The Bertz CT molecular complexity index is 619. The maximum atomic E-state index is 5.78. The van der Waals surface area contributed by atoms with Gasteiger partial charge in [0, 0.05) is 12.6 Å². The van der Waals surface area contributed by atoms with Gasteiger partial charge in [-0.2, -0.15) is 0 Å². The minimum absolute atomic E-state index is 0.502. The second-order valence-electron chi connectivity index (χ2n) is 6.91. The van der Waals surface area contributed by atoms with Gasteiger partial charge in [0.15, 0.2) is 5.11 Å². The maximum absolute atomic E-state index is 5.78. The van der Waals surface area contributed by atoms with Crippen molar-refractivity contribution in [2.24, 2.45) is 0 Å². The SMILES string of the molecule is S=C(NC1CCCCCCC1)N(Cc1ccccc1)Cc1ccco1. The summed E-state index contributed by atoms with van der Waals surface area (Å²) in [5, 5.41) is 4.47. The first-order valence-electron chi connectivity index (χ1n) is 9.43. The van der Waals surface area contributed by atoms with Gasteiger partial charge in [0.1, 0.15) is 5.76 Å². The number of nitrogens with zero attached hydrogens (tertiary/aromatic N) is 1. The Morgan fingerprint density at radius 3 is 2.36 bits per heavy atom. The zero-order valence-electron chi connectivity index (χ0n) is 14.8. The van der Waals surface area contributed by atoms with Crippen LogP contribution in [0.4, 0.5) is 0 Å². The van der Waals surface area contributed by atoms with Gasteiger partial charge in [0.25, 0.3) is 0 Å². The van der Waals surface area contributed by atoms with Crippen molar-refractivity contribution in [1.82, 2.24) is 10.2 Å². The van der Waals surface area contributed by atoms with Crippen LogP contribution in [0, 0.1) is 0 Å². The average Bonchev–Trinajstić information content (AvgIpc) is 3.10. The van der Waals surface area contributed by atoms with Crippen LogP contribution in [0.25, 0.3) is 0 Å². The Kier molecular flexibility index (Phi) is 6.92. The Morgan fingerprint density at radius 2 is 1.68 bits per heavy atom. The lowest BCUT2D eigenvalue weighted by molar-refractivity contribution is 0.338.